The molecule has 3 aromatic rings. The molecule has 0 atom stereocenters. The largest absolute Gasteiger partial charge is 0.462 e. The number of ether oxygens (including phenoxy) is 2. The number of aryl methyl sites for hydroxylation is 1. The Hall–Kier alpha value is -3.46. The van der Waals surface area contributed by atoms with Crippen LogP contribution in [0.1, 0.15) is 45.3 Å². The van der Waals surface area contributed by atoms with Crippen molar-refractivity contribution in [2.75, 3.05) is 23.2 Å². The lowest BCUT2D eigenvalue weighted by atomic mass is 10.0. The Morgan fingerprint density at radius 3 is 2.42 bits per heavy atom. The Kier molecular flexibility index (Phi) is 6.33. The van der Waals surface area contributed by atoms with E-state index in [0.29, 0.717) is 35.4 Å². The molecule has 2 aromatic carbocycles. The zero-order valence-corrected chi connectivity index (χ0v) is 19.2. The van der Waals surface area contributed by atoms with Crippen molar-refractivity contribution in [1.82, 2.24) is 4.98 Å². The lowest BCUT2D eigenvalue weighted by Crippen LogP contribution is -2.25. The zero-order valence-electron chi connectivity index (χ0n) is 18.4. The minimum absolute atomic E-state index is 0.123. The number of hydrogen-bond acceptors (Lipinski definition) is 7. The van der Waals surface area contributed by atoms with Crippen LogP contribution in [-0.4, -0.2) is 44.2 Å². The summed E-state index contributed by atoms with van der Waals surface area (Å²) in [5.41, 5.74) is 2.79. The molecule has 0 spiro atoms. The van der Waals surface area contributed by atoms with Crippen LogP contribution in [0.4, 0.5) is 5.69 Å². The average Bonchev–Trinajstić information content (AvgIpc) is 3.16. The van der Waals surface area contributed by atoms with Crippen LogP contribution in [0.5, 0.6) is 0 Å². The summed E-state index contributed by atoms with van der Waals surface area (Å²) >= 11 is 0. The maximum Gasteiger partial charge on any atom is 0.340 e. The molecule has 1 fully saturated rings. The van der Waals surface area contributed by atoms with E-state index in [-0.39, 0.29) is 30.1 Å². The van der Waals surface area contributed by atoms with Gasteiger partial charge in [0.15, 0.2) is 0 Å². The number of pyridine rings is 1. The number of fused-ring (bicyclic) bond motifs is 1. The highest BCUT2D eigenvalue weighted by Crippen LogP contribution is 2.26. The van der Waals surface area contributed by atoms with Gasteiger partial charge in [0, 0.05) is 11.9 Å². The molecule has 1 aromatic heterocycles. The van der Waals surface area contributed by atoms with Gasteiger partial charge in [-0.2, -0.15) is 0 Å². The third-order valence-corrected chi connectivity index (χ3v) is 7.41. The number of sulfonamides is 1. The monoisotopic (exact) mass is 468 g/mol. The van der Waals surface area contributed by atoms with Crippen molar-refractivity contribution in [3.05, 3.63) is 70.9 Å². The number of aromatic nitrogens is 1. The molecule has 1 aliphatic heterocycles. The van der Waals surface area contributed by atoms with Gasteiger partial charge in [0.05, 0.1) is 40.4 Å². The van der Waals surface area contributed by atoms with E-state index < -0.39 is 22.0 Å². The van der Waals surface area contributed by atoms with Gasteiger partial charge < -0.3 is 9.47 Å². The number of hydrogen-bond donors (Lipinski definition) is 0. The molecule has 0 saturated carbocycles. The fourth-order valence-electron chi connectivity index (χ4n) is 3.93. The van der Waals surface area contributed by atoms with Crippen molar-refractivity contribution < 1.29 is 27.5 Å². The van der Waals surface area contributed by atoms with E-state index in [9.17, 15) is 18.0 Å². The van der Waals surface area contributed by atoms with Gasteiger partial charge in [0.2, 0.25) is 10.0 Å². The van der Waals surface area contributed by atoms with Gasteiger partial charge >= 0.3 is 11.9 Å². The minimum atomic E-state index is -3.29. The van der Waals surface area contributed by atoms with Gasteiger partial charge in [-0.1, -0.05) is 18.2 Å². The molecule has 0 bridgehead atoms. The number of carbonyl (C=O) groups is 2. The molecular formula is C24H24N2O6S. The summed E-state index contributed by atoms with van der Waals surface area (Å²) in [5, 5.41) is 0.822. The molecule has 1 aliphatic rings. The maximum atomic E-state index is 12.6. The number of nitrogens with zero attached hydrogens (tertiary/aromatic N) is 2. The Labute approximate surface area is 192 Å². The highest BCUT2D eigenvalue weighted by atomic mass is 32.2. The van der Waals surface area contributed by atoms with Crippen LogP contribution >= 0.6 is 0 Å². The van der Waals surface area contributed by atoms with Crippen LogP contribution in [0.2, 0.25) is 0 Å². The van der Waals surface area contributed by atoms with E-state index in [4.69, 9.17) is 9.47 Å². The summed E-state index contributed by atoms with van der Waals surface area (Å²) in [5.74, 6) is -0.999. The first kappa shape index (κ1) is 22.7. The van der Waals surface area contributed by atoms with E-state index in [1.807, 2.05) is 31.2 Å². The third-order valence-electron chi connectivity index (χ3n) is 5.54. The molecule has 9 heteroatoms. The lowest BCUT2D eigenvalue weighted by Gasteiger charge is -2.17. The normalized spacial score (nSPS) is 14.9. The van der Waals surface area contributed by atoms with Crippen LogP contribution in [0.15, 0.2) is 48.5 Å². The second kappa shape index (κ2) is 9.19. The summed E-state index contributed by atoms with van der Waals surface area (Å²) in [6.45, 7) is 3.96. The summed E-state index contributed by atoms with van der Waals surface area (Å²) in [6.07, 6.45) is 0.576. The van der Waals surface area contributed by atoms with Crippen molar-refractivity contribution >= 4 is 38.6 Å². The first-order valence-corrected chi connectivity index (χ1v) is 12.3. The molecule has 4 rings (SSSR count). The molecule has 0 N–H and O–H groups in total. The molecule has 0 aliphatic carbocycles. The number of anilines is 1. The van der Waals surface area contributed by atoms with E-state index in [2.05, 4.69) is 4.98 Å². The zero-order chi connectivity index (χ0) is 23.6. The fourth-order valence-corrected chi connectivity index (χ4v) is 5.49. The number of rotatable bonds is 6. The number of carbonyl (C=O) groups excluding carboxylic acids is 2. The molecular weight excluding hydrogens is 444 g/mol. The van der Waals surface area contributed by atoms with E-state index in [1.54, 1.807) is 19.1 Å². The van der Waals surface area contributed by atoms with Crippen LogP contribution in [0.25, 0.3) is 10.9 Å². The van der Waals surface area contributed by atoms with Gasteiger partial charge in [-0.25, -0.2) is 23.0 Å². The Balaban J connectivity index is 1.56. The minimum Gasteiger partial charge on any atom is -0.462 e. The standard InChI is InChI=1S/C24H24N2O6S/c1-3-31-24(28)22-16(2)19-7-4-5-8-20(19)25-21(22)15-32-23(27)17-9-11-18(12-10-17)26-13-6-14-33(26,29)30/h4-5,7-12H,3,6,13-15H2,1-2H3. The summed E-state index contributed by atoms with van der Waals surface area (Å²) in [6, 6.07) is 13.6. The Morgan fingerprint density at radius 1 is 1.03 bits per heavy atom. The molecule has 1 saturated heterocycles. The molecule has 172 valence electrons. The van der Waals surface area contributed by atoms with Gasteiger partial charge in [-0.05, 0) is 56.2 Å². The fraction of sp³-hybridized carbons (Fsp3) is 0.292. The summed E-state index contributed by atoms with van der Waals surface area (Å²) in [4.78, 5) is 29.8. The van der Waals surface area contributed by atoms with E-state index in [1.165, 1.54) is 16.4 Å². The van der Waals surface area contributed by atoms with Crippen LogP contribution in [-0.2, 0) is 26.1 Å². The summed E-state index contributed by atoms with van der Waals surface area (Å²) < 4.78 is 36.2. The maximum absolute atomic E-state index is 12.6. The topological polar surface area (TPSA) is 103 Å². The smallest absolute Gasteiger partial charge is 0.340 e. The predicted octanol–water partition coefficient (Wildman–Crippen LogP) is 3.62. The number of benzene rings is 2. The van der Waals surface area contributed by atoms with Crippen molar-refractivity contribution in [1.29, 1.82) is 0 Å². The molecule has 2 heterocycles. The Bertz CT molecular complexity index is 1320. The molecule has 0 radical (unpaired) electrons. The average molecular weight is 469 g/mol. The highest BCUT2D eigenvalue weighted by Gasteiger charge is 2.28. The van der Waals surface area contributed by atoms with Gasteiger partial charge in [0.25, 0.3) is 0 Å². The van der Waals surface area contributed by atoms with Crippen molar-refractivity contribution in [3.8, 4) is 0 Å². The van der Waals surface area contributed by atoms with Crippen LogP contribution < -0.4 is 4.31 Å². The van der Waals surface area contributed by atoms with E-state index >= 15 is 0 Å². The van der Waals surface area contributed by atoms with E-state index in [0.717, 1.165) is 5.39 Å². The SMILES string of the molecule is CCOC(=O)c1c(COC(=O)c2ccc(N3CCCS3(=O)=O)cc2)nc2ccccc2c1C. The molecule has 0 amide bonds. The van der Waals surface area contributed by atoms with Crippen molar-refractivity contribution in [3.63, 3.8) is 0 Å². The molecule has 8 nitrogen and oxygen atoms in total. The van der Waals surface area contributed by atoms with Gasteiger partial charge in [-0.3, -0.25) is 4.31 Å². The second-order valence-corrected chi connectivity index (χ2v) is 9.67. The number of para-hydroxylation sites is 1. The Morgan fingerprint density at radius 2 is 1.76 bits per heavy atom. The van der Waals surface area contributed by atoms with Crippen LogP contribution in [0, 0.1) is 6.92 Å². The van der Waals surface area contributed by atoms with Crippen molar-refractivity contribution in [2.45, 2.75) is 26.9 Å². The predicted molar refractivity (Wildman–Crippen MR) is 124 cm³/mol. The number of esters is 2. The van der Waals surface area contributed by atoms with Gasteiger partial charge in [-0.15, -0.1) is 0 Å². The first-order valence-electron chi connectivity index (χ1n) is 10.6. The van der Waals surface area contributed by atoms with Crippen molar-refractivity contribution in [2.24, 2.45) is 0 Å². The first-order chi connectivity index (χ1) is 15.8. The quantitative estimate of drug-likeness (QED) is 0.509. The second-order valence-electron chi connectivity index (χ2n) is 7.66. The van der Waals surface area contributed by atoms with Gasteiger partial charge in [0.1, 0.15) is 6.61 Å². The summed E-state index contributed by atoms with van der Waals surface area (Å²) in [7, 11) is -3.29. The van der Waals surface area contributed by atoms with Crippen LogP contribution in [0.3, 0.4) is 0 Å². The highest BCUT2D eigenvalue weighted by molar-refractivity contribution is 7.93. The third kappa shape index (κ3) is 4.54. The lowest BCUT2D eigenvalue weighted by molar-refractivity contribution is 0.0444. The molecule has 33 heavy (non-hydrogen) atoms. The molecule has 0 unspecified atom stereocenters.